The Balaban J connectivity index is 1.84. The highest BCUT2D eigenvalue weighted by Crippen LogP contribution is 2.56. The van der Waals surface area contributed by atoms with Crippen molar-refractivity contribution in [3.05, 3.63) is 75.5 Å². The second-order valence-corrected chi connectivity index (χ2v) is 9.52. The van der Waals surface area contributed by atoms with Crippen LogP contribution in [0.5, 0.6) is 17.2 Å². The van der Waals surface area contributed by atoms with Gasteiger partial charge < -0.3 is 19.9 Å². The van der Waals surface area contributed by atoms with Crippen LogP contribution in [-0.2, 0) is 6.61 Å². The third-order valence-corrected chi connectivity index (χ3v) is 7.61. The quantitative estimate of drug-likeness (QED) is 0.562. The highest BCUT2D eigenvalue weighted by molar-refractivity contribution is 5.60. The Bertz CT molecular complexity index is 1380. The number of allylic oxidation sites excluding steroid dienone is 4. The van der Waals surface area contributed by atoms with Crippen LogP contribution in [0.25, 0.3) is 0 Å². The molecule has 4 rings (SSSR count). The Hall–Kier alpha value is -4.41. The molecular formula is C30H30N4O3. The smallest absolute Gasteiger partial charge is 0.203 e. The molecule has 0 radical (unpaired) electrons. The molecule has 2 aromatic carbocycles. The molecule has 0 spiro atoms. The second-order valence-electron chi connectivity index (χ2n) is 9.52. The van der Waals surface area contributed by atoms with Gasteiger partial charge in [-0.3, -0.25) is 0 Å². The fraction of sp³-hybridized carbons (Fsp3) is 0.367. The average molecular weight is 495 g/mol. The minimum absolute atomic E-state index is 0.0472. The van der Waals surface area contributed by atoms with Crippen molar-refractivity contribution in [3.63, 3.8) is 0 Å². The van der Waals surface area contributed by atoms with Crippen molar-refractivity contribution in [3.8, 4) is 35.5 Å². The molecule has 0 saturated carbocycles. The number of nitrogens with two attached hydrogens (primary N) is 1. The van der Waals surface area contributed by atoms with Gasteiger partial charge in [-0.05, 0) is 79.0 Å². The van der Waals surface area contributed by atoms with E-state index >= 15 is 0 Å². The molecule has 7 nitrogen and oxygen atoms in total. The Morgan fingerprint density at radius 1 is 1.03 bits per heavy atom. The van der Waals surface area contributed by atoms with Gasteiger partial charge in [0.05, 0.1) is 37.6 Å². The maximum absolute atomic E-state index is 10.4. The first-order chi connectivity index (χ1) is 17.9. The number of ether oxygens (including phenoxy) is 3. The van der Waals surface area contributed by atoms with Gasteiger partial charge in [0.15, 0.2) is 16.9 Å². The lowest BCUT2D eigenvalue weighted by molar-refractivity contribution is 0.264. The van der Waals surface area contributed by atoms with Gasteiger partial charge in [-0.25, -0.2) is 0 Å². The van der Waals surface area contributed by atoms with E-state index in [9.17, 15) is 15.8 Å². The third kappa shape index (κ3) is 4.15. The van der Waals surface area contributed by atoms with Crippen molar-refractivity contribution in [1.82, 2.24) is 0 Å². The largest absolute Gasteiger partial charge is 0.493 e. The van der Waals surface area contributed by atoms with Gasteiger partial charge in [0.25, 0.3) is 0 Å². The van der Waals surface area contributed by atoms with E-state index in [0.29, 0.717) is 17.2 Å². The fourth-order valence-electron chi connectivity index (χ4n) is 5.73. The topological polar surface area (TPSA) is 125 Å². The Kier molecular flexibility index (Phi) is 7.14. The van der Waals surface area contributed by atoms with Gasteiger partial charge in [0.1, 0.15) is 12.7 Å². The van der Waals surface area contributed by atoms with Crippen LogP contribution in [-0.4, -0.2) is 14.2 Å². The first kappa shape index (κ1) is 25.7. The summed E-state index contributed by atoms with van der Waals surface area (Å²) in [5.41, 5.74) is 9.77. The zero-order chi connectivity index (χ0) is 26.7. The molecule has 0 amide bonds. The van der Waals surface area contributed by atoms with E-state index in [0.717, 1.165) is 47.1 Å². The summed E-state index contributed by atoms with van der Waals surface area (Å²) in [6, 6.07) is 16.2. The molecule has 0 aromatic heterocycles. The lowest BCUT2D eigenvalue weighted by Gasteiger charge is -2.44. The number of para-hydroxylation sites is 1. The predicted octanol–water partition coefficient (Wildman–Crippen LogP) is 5.49. The maximum Gasteiger partial charge on any atom is 0.203 e. The highest BCUT2D eigenvalue weighted by atomic mass is 16.5. The first-order valence-electron chi connectivity index (χ1n) is 12.2. The average Bonchev–Trinajstić information content (AvgIpc) is 2.92. The zero-order valence-electron chi connectivity index (χ0n) is 21.6. The molecule has 0 unspecified atom stereocenters. The lowest BCUT2D eigenvalue weighted by atomic mass is 9.56. The van der Waals surface area contributed by atoms with E-state index < -0.39 is 11.3 Å². The van der Waals surface area contributed by atoms with Crippen molar-refractivity contribution in [2.24, 2.45) is 17.1 Å². The summed E-state index contributed by atoms with van der Waals surface area (Å²) < 4.78 is 17.1. The van der Waals surface area contributed by atoms with Crippen LogP contribution in [0.3, 0.4) is 0 Å². The van der Waals surface area contributed by atoms with Gasteiger partial charge >= 0.3 is 0 Å². The summed E-state index contributed by atoms with van der Waals surface area (Å²) >= 11 is 0. The van der Waals surface area contributed by atoms with E-state index in [1.54, 1.807) is 26.4 Å². The number of aryl methyl sites for hydroxylation is 2. The van der Waals surface area contributed by atoms with E-state index in [-0.39, 0.29) is 23.8 Å². The van der Waals surface area contributed by atoms with E-state index in [2.05, 4.69) is 24.3 Å². The molecule has 0 bridgehead atoms. The number of fused-ring (bicyclic) bond motifs is 1. The molecule has 188 valence electrons. The fourth-order valence-corrected chi connectivity index (χ4v) is 5.73. The molecule has 7 heteroatoms. The molecule has 0 aliphatic heterocycles. The predicted molar refractivity (Wildman–Crippen MR) is 138 cm³/mol. The minimum atomic E-state index is -1.64. The molecule has 0 fully saturated rings. The number of benzene rings is 2. The standard InChI is InChI=1S/C30H30N4O3/c1-18-12-19(2)23(13-20(18)15-37-28-25(35-3)10-7-11-26(28)36-4)27-22-9-6-5-8-21(22)24(14-31)29(34)30(27,16-32)17-33/h7-8,10-13,22,27H,5-6,9,15,34H2,1-4H3/t22-,27+/m0/s1. The number of nitrogens with zero attached hydrogens (tertiary/aromatic N) is 3. The van der Waals surface area contributed by atoms with Gasteiger partial charge in [0.2, 0.25) is 5.75 Å². The van der Waals surface area contributed by atoms with E-state index in [4.69, 9.17) is 19.9 Å². The van der Waals surface area contributed by atoms with Crippen molar-refractivity contribution in [1.29, 1.82) is 15.8 Å². The number of rotatable bonds is 6. The first-order valence-corrected chi connectivity index (χ1v) is 12.2. The number of nitriles is 3. The molecule has 37 heavy (non-hydrogen) atoms. The summed E-state index contributed by atoms with van der Waals surface area (Å²) in [6.07, 6.45) is 4.59. The molecule has 2 aliphatic carbocycles. The van der Waals surface area contributed by atoms with Crippen molar-refractivity contribution >= 4 is 0 Å². The van der Waals surface area contributed by atoms with E-state index in [1.165, 1.54) is 0 Å². The summed E-state index contributed by atoms with van der Waals surface area (Å²) in [7, 11) is 3.15. The SMILES string of the molecule is COc1cccc(OC)c1OCc1cc([C@H]2[C@H]3CCCC=C3C(C#N)=C(N)C2(C#N)C#N)c(C)cc1C. The summed E-state index contributed by atoms with van der Waals surface area (Å²) in [5.74, 6) is 0.955. The third-order valence-electron chi connectivity index (χ3n) is 7.61. The normalized spacial score (nSPS) is 20.0. The summed E-state index contributed by atoms with van der Waals surface area (Å²) in [4.78, 5) is 0. The van der Waals surface area contributed by atoms with Crippen LogP contribution in [0, 0.1) is 59.2 Å². The van der Waals surface area contributed by atoms with Crippen LogP contribution < -0.4 is 19.9 Å². The van der Waals surface area contributed by atoms with Crippen molar-refractivity contribution in [2.45, 2.75) is 45.6 Å². The Morgan fingerprint density at radius 2 is 1.70 bits per heavy atom. The maximum atomic E-state index is 10.4. The van der Waals surface area contributed by atoms with Crippen LogP contribution >= 0.6 is 0 Å². The monoisotopic (exact) mass is 494 g/mol. The van der Waals surface area contributed by atoms with Crippen LogP contribution in [0.4, 0.5) is 0 Å². The molecule has 0 heterocycles. The van der Waals surface area contributed by atoms with Crippen LogP contribution in [0.15, 0.2) is 53.3 Å². The lowest BCUT2D eigenvalue weighted by Crippen LogP contribution is -2.43. The van der Waals surface area contributed by atoms with Gasteiger partial charge in [-0.15, -0.1) is 0 Å². The van der Waals surface area contributed by atoms with E-state index in [1.807, 2.05) is 32.1 Å². The zero-order valence-corrected chi connectivity index (χ0v) is 21.6. The highest BCUT2D eigenvalue weighted by Gasteiger charge is 2.54. The number of hydrogen-bond donors (Lipinski definition) is 1. The molecule has 2 aromatic rings. The Labute approximate surface area is 218 Å². The summed E-state index contributed by atoms with van der Waals surface area (Å²) in [5, 5.41) is 30.6. The molecule has 2 atom stereocenters. The molecular weight excluding hydrogens is 464 g/mol. The number of hydrogen-bond acceptors (Lipinski definition) is 7. The Morgan fingerprint density at radius 3 is 2.30 bits per heavy atom. The van der Waals surface area contributed by atoms with Gasteiger partial charge in [-0.2, -0.15) is 15.8 Å². The molecule has 0 saturated heterocycles. The van der Waals surface area contributed by atoms with Gasteiger partial charge in [0, 0.05) is 5.92 Å². The van der Waals surface area contributed by atoms with Crippen LogP contribution in [0.1, 0.15) is 47.4 Å². The minimum Gasteiger partial charge on any atom is -0.493 e. The van der Waals surface area contributed by atoms with Crippen molar-refractivity contribution in [2.75, 3.05) is 14.2 Å². The van der Waals surface area contributed by atoms with Crippen molar-refractivity contribution < 1.29 is 14.2 Å². The molecule has 2 N–H and O–H groups in total. The van der Waals surface area contributed by atoms with Gasteiger partial charge in [-0.1, -0.05) is 24.3 Å². The molecule has 2 aliphatic rings. The van der Waals surface area contributed by atoms with Crippen LogP contribution in [0.2, 0.25) is 0 Å². The second kappa shape index (κ2) is 10.3. The summed E-state index contributed by atoms with van der Waals surface area (Å²) in [6.45, 7) is 4.23. The number of methoxy groups -OCH3 is 2.